The third kappa shape index (κ3) is 2.63. The van der Waals surface area contributed by atoms with Crippen LogP contribution in [0.5, 0.6) is 0 Å². The van der Waals surface area contributed by atoms with E-state index < -0.39 is 5.41 Å². The fraction of sp³-hybridized carbons (Fsp3) is 0.467. The molecule has 1 aromatic carbocycles. The molecule has 0 unspecified atom stereocenters. The van der Waals surface area contributed by atoms with Crippen molar-refractivity contribution in [1.29, 1.82) is 0 Å². The number of hydrogen-bond acceptors (Lipinski definition) is 2. The Morgan fingerprint density at radius 3 is 2.42 bits per heavy atom. The van der Waals surface area contributed by atoms with Crippen molar-refractivity contribution in [2.75, 3.05) is 5.32 Å². The lowest BCUT2D eigenvalue weighted by atomic mass is 9.62. The first kappa shape index (κ1) is 14.0. The maximum Gasteiger partial charge on any atom is 0.237 e. The molecule has 0 bridgehead atoms. The van der Waals surface area contributed by atoms with Crippen molar-refractivity contribution in [2.24, 2.45) is 17.1 Å². The molecule has 0 atom stereocenters. The van der Waals surface area contributed by atoms with Gasteiger partial charge in [-0.25, -0.2) is 0 Å². The second kappa shape index (κ2) is 5.29. The first-order valence-corrected chi connectivity index (χ1v) is 7.09. The number of carbonyl (C=O) groups is 1. The normalized spacial score (nSPS) is 25.5. The first-order chi connectivity index (χ1) is 8.98. The van der Waals surface area contributed by atoms with Crippen LogP contribution in [-0.2, 0) is 11.2 Å². The average Bonchev–Trinajstić information content (AvgIpc) is 2.35. The van der Waals surface area contributed by atoms with Gasteiger partial charge in [-0.05, 0) is 42.9 Å². The summed E-state index contributed by atoms with van der Waals surface area (Å²) in [6.45, 7) is 4.21. The Bertz CT molecular complexity index is 489. The number of anilines is 1. The molecule has 0 radical (unpaired) electrons. The molecule has 0 aromatic heterocycles. The summed E-state index contributed by atoms with van der Waals surface area (Å²) in [5, 5.41) is 2.93. The predicted molar refractivity (Wildman–Crippen MR) is 82.1 cm³/mol. The van der Waals surface area contributed by atoms with Gasteiger partial charge in [-0.3, -0.25) is 4.79 Å². The van der Waals surface area contributed by atoms with Crippen LogP contribution >= 0.6 is 12.2 Å². The molecule has 0 aliphatic heterocycles. The number of amides is 1. The Kier molecular flexibility index (Phi) is 3.90. The summed E-state index contributed by atoms with van der Waals surface area (Å²) in [5.41, 5.74) is 7.18. The molecule has 102 valence electrons. The number of thiocarbonyl (C=S) groups is 1. The van der Waals surface area contributed by atoms with Crippen LogP contribution in [-0.4, -0.2) is 10.9 Å². The molecule has 3 N–H and O–H groups in total. The highest BCUT2D eigenvalue weighted by Gasteiger charge is 2.50. The smallest absolute Gasteiger partial charge is 0.237 e. The maximum atomic E-state index is 12.4. The molecule has 0 heterocycles. The fourth-order valence-electron chi connectivity index (χ4n) is 2.70. The summed E-state index contributed by atoms with van der Waals surface area (Å²) in [5.74, 6) is 0.442. The van der Waals surface area contributed by atoms with Crippen LogP contribution in [0, 0.1) is 11.3 Å². The number of rotatable bonds is 4. The number of benzene rings is 1. The van der Waals surface area contributed by atoms with E-state index in [-0.39, 0.29) is 5.91 Å². The Morgan fingerprint density at radius 1 is 1.42 bits per heavy atom. The highest BCUT2D eigenvalue weighted by atomic mass is 32.1. The molecule has 3 nitrogen and oxygen atoms in total. The van der Waals surface area contributed by atoms with Crippen LogP contribution in [0.15, 0.2) is 24.3 Å². The van der Waals surface area contributed by atoms with E-state index in [0.29, 0.717) is 10.9 Å². The van der Waals surface area contributed by atoms with E-state index in [1.807, 2.05) is 24.3 Å². The van der Waals surface area contributed by atoms with Crippen LogP contribution < -0.4 is 11.1 Å². The zero-order valence-electron chi connectivity index (χ0n) is 11.4. The van der Waals surface area contributed by atoms with Crippen molar-refractivity contribution in [3.63, 3.8) is 0 Å². The molecule has 1 saturated carbocycles. The van der Waals surface area contributed by atoms with Crippen molar-refractivity contribution >= 4 is 28.8 Å². The van der Waals surface area contributed by atoms with Crippen LogP contribution in [0.4, 0.5) is 5.69 Å². The minimum Gasteiger partial charge on any atom is -0.392 e. The summed E-state index contributed by atoms with van der Waals surface area (Å²) in [4.78, 5) is 12.7. The van der Waals surface area contributed by atoms with Crippen molar-refractivity contribution in [2.45, 2.75) is 33.1 Å². The predicted octanol–water partition coefficient (Wildman–Crippen LogP) is 2.89. The minimum absolute atomic E-state index is 0.0673. The third-order valence-corrected chi connectivity index (χ3v) is 4.31. The van der Waals surface area contributed by atoms with Crippen molar-refractivity contribution in [3.05, 3.63) is 29.8 Å². The van der Waals surface area contributed by atoms with Crippen LogP contribution in [0.1, 0.15) is 32.3 Å². The second-order valence-corrected chi connectivity index (χ2v) is 5.90. The van der Waals surface area contributed by atoms with Gasteiger partial charge in [0, 0.05) is 5.69 Å². The summed E-state index contributed by atoms with van der Waals surface area (Å²) < 4.78 is 0. The second-order valence-electron chi connectivity index (χ2n) is 5.46. The quantitative estimate of drug-likeness (QED) is 0.831. The molecular weight excluding hydrogens is 256 g/mol. The van der Waals surface area contributed by atoms with E-state index in [4.69, 9.17) is 18.0 Å². The Hall–Kier alpha value is -1.42. The zero-order valence-corrected chi connectivity index (χ0v) is 12.2. The summed E-state index contributed by atoms with van der Waals surface area (Å²) >= 11 is 5.08. The molecule has 1 amide bonds. The molecule has 0 saturated heterocycles. The van der Waals surface area contributed by atoms with E-state index in [1.165, 1.54) is 5.56 Å². The highest BCUT2D eigenvalue weighted by Crippen LogP contribution is 2.46. The van der Waals surface area contributed by atoms with Crippen LogP contribution in [0.3, 0.4) is 0 Å². The Labute approximate surface area is 119 Å². The lowest BCUT2D eigenvalue weighted by molar-refractivity contribution is -0.127. The summed E-state index contributed by atoms with van der Waals surface area (Å²) in [6.07, 6.45) is 2.49. The number of nitrogens with two attached hydrogens (primary N) is 1. The van der Waals surface area contributed by atoms with Gasteiger partial charge in [-0.2, -0.15) is 0 Å². The van der Waals surface area contributed by atoms with Gasteiger partial charge in [-0.1, -0.05) is 38.2 Å². The summed E-state index contributed by atoms with van der Waals surface area (Å²) in [7, 11) is 0. The molecule has 1 aliphatic rings. The molecule has 1 fully saturated rings. The van der Waals surface area contributed by atoms with Gasteiger partial charge >= 0.3 is 0 Å². The lowest BCUT2D eigenvalue weighted by Gasteiger charge is -2.44. The number of hydrogen-bond donors (Lipinski definition) is 2. The van der Waals surface area contributed by atoms with Gasteiger partial charge in [-0.15, -0.1) is 0 Å². The zero-order chi connectivity index (χ0) is 14.0. The lowest BCUT2D eigenvalue weighted by Crippen LogP contribution is -2.53. The van der Waals surface area contributed by atoms with E-state index in [9.17, 15) is 4.79 Å². The van der Waals surface area contributed by atoms with Crippen molar-refractivity contribution in [1.82, 2.24) is 0 Å². The SMILES string of the molecule is CCc1ccc(NC(=O)C2(C(N)=S)CC(C)C2)cc1. The van der Waals surface area contributed by atoms with Crippen LogP contribution in [0.25, 0.3) is 0 Å². The van der Waals surface area contributed by atoms with Gasteiger partial charge in [0.25, 0.3) is 0 Å². The molecule has 4 heteroatoms. The number of nitrogens with one attached hydrogen (secondary N) is 1. The molecule has 1 aromatic rings. The van der Waals surface area contributed by atoms with Crippen LogP contribution in [0.2, 0.25) is 0 Å². The van der Waals surface area contributed by atoms with Gasteiger partial charge in [0.2, 0.25) is 5.91 Å². The fourth-order valence-corrected chi connectivity index (χ4v) is 2.96. The van der Waals surface area contributed by atoms with E-state index in [0.717, 1.165) is 24.9 Å². The molecular formula is C15H20N2OS. The topological polar surface area (TPSA) is 55.1 Å². The summed E-state index contributed by atoms with van der Waals surface area (Å²) in [6, 6.07) is 7.89. The molecule has 2 rings (SSSR count). The first-order valence-electron chi connectivity index (χ1n) is 6.68. The number of aryl methyl sites for hydroxylation is 1. The minimum atomic E-state index is -0.641. The Balaban J connectivity index is 2.09. The monoisotopic (exact) mass is 276 g/mol. The van der Waals surface area contributed by atoms with Crippen molar-refractivity contribution < 1.29 is 4.79 Å². The average molecular weight is 276 g/mol. The van der Waals surface area contributed by atoms with Gasteiger partial charge in [0.05, 0.1) is 10.4 Å². The van der Waals surface area contributed by atoms with E-state index >= 15 is 0 Å². The largest absolute Gasteiger partial charge is 0.392 e. The third-order valence-electron chi connectivity index (χ3n) is 3.92. The van der Waals surface area contributed by atoms with E-state index in [2.05, 4.69) is 19.2 Å². The molecule has 19 heavy (non-hydrogen) atoms. The maximum absolute atomic E-state index is 12.4. The van der Waals surface area contributed by atoms with E-state index in [1.54, 1.807) is 0 Å². The molecule has 1 aliphatic carbocycles. The van der Waals surface area contributed by atoms with Crippen molar-refractivity contribution in [3.8, 4) is 0 Å². The standard InChI is InChI=1S/C15H20N2OS/c1-3-11-4-6-12(7-5-11)17-14(18)15(13(16)19)8-10(2)9-15/h4-7,10H,3,8-9H2,1-2H3,(H2,16,19)(H,17,18). The molecule has 0 spiro atoms. The van der Waals surface area contributed by atoms with Gasteiger partial charge in [0.1, 0.15) is 0 Å². The Morgan fingerprint density at radius 2 is 2.00 bits per heavy atom. The van der Waals surface area contributed by atoms with Gasteiger partial charge < -0.3 is 11.1 Å². The number of carbonyl (C=O) groups excluding carboxylic acids is 1. The van der Waals surface area contributed by atoms with Gasteiger partial charge in [0.15, 0.2) is 0 Å². The highest BCUT2D eigenvalue weighted by molar-refractivity contribution is 7.80.